The quantitative estimate of drug-likeness (QED) is 0.805. The molecular weight excluding hydrogens is 257 g/mol. The molecule has 0 N–H and O–H groups in total. The summed E-state index contributed by atoms with van der Waals surface area (Å²) in [6.45, 7) is 1.93. The number of halogens is 1. The van der Waals surface area contributed by atoms with E-state index in [0.717, 1.165) is 11.3 Å². The lowest BCUT2D eigenvalue weighted by atomic mass is 9.68. The fourth-order valence-electron chi connectivity index (χ4n) is 2.76. The number of cyclic esters (lactones) is 1. The molecule has 1 aliphatic heterocycles. The van der Waals surface area contributed by atoms with Gasteiger partial charge in [-0.3, -0.25) is 9.78 Å². The fraction of sp³-hybridized carbons (Fsp3) is 0.250. The predicted molar refractivity (Wildman–Crippen MR) is 71.4 cm³/mol. The minimum atomic E-state index is -0.762. The molecule has 2 atom stereocenters. The summed E-state index contributed by atoms with van der Waals surface area (Å²) in [7, 11) is 0. The van der Waals surface area contributed by atoms with Crippen LogP contribution in [0.25, 0.3) is 0 Å². The van der Waals surface area contributed by atoms with Crippen LogP contribution in [0.1, 0.15) is 30.7 Å². The maximum Gasteiger partial charge on any atom is 0.321 e. The molecule has 0 unspecified atom stereocenters. The molecule has 102 valence electrons. The molecule has 3 nitrogen and oxygen atoms in total. The van der Waals surface area contributed by atoms with Gasteiger partial charge in [-0.2, -0.15) is 0 Å². The minimum Gasteiger partial charge on any atom is -0.453 e. The van der Waals surface area contributed by atoms with Gasteiger partial charge in [0.1, 0.15) is 11.2 Å². The van der Waals surface area contributed by atoms with E-state index in [9.17, 15) is 9.18 Å². The normalized spacial score (nSPS) is 24.9. The molecule has 20 heavy (non-hydrogen) atoms. The molecule has 1 aromatic carbocycles. The van der Waals surface area contributed by atoms with Gasteiger partial charge >= 0.3 is 5.97 Å². The second kappa shape index (κ2) is 4.71. The summed E-state index contributed by atoms with van der Waals surface area (Å²) in [5.41, 5.74) is 0.730. The molecule has 0 saturated carbocycles. The molecule has 1 aromatic heterocycles. The number of ether oxygens (including phenoxy) is 1. The monoisotopic (exact) mass is 271 g/mol. The van der Waals surface area contributed by atoms with E-state index in [0.29, 0.717) is 6.42 Å². The number of hydrogen-bond donors (Lipinski definition) is 0. The third-order valence-electron chi connectivity index (χ3n) is 3.91. The molecular formula is C16H14FNO2. The fourth-order valence-corrected chi connectivity index (χ4v) is 2.76. The van der Waals surface area contributed by atoms with Crippen molar-refractivity contribution in [3.63, 3.8) is 0 Å². The summed E-state index contributed by atoms with van der Waals surface area (Å²) in [5, 5.41) is 0. The smallest absolute Gasteiger partial charge is 0.321 e. The van der Waals surface area contributed by atoms with Crippen LogP contribution in [0.15, 0.2) is 48.7 Å². The van der Waals surface area contributed by atoms with E-state index in [1.807, 2.05) is 25.1 Å². The minimum absolute atomic E-state index is 0.276. The van der Waals surface area contributed by atoms with E-state index in [2.05, 4.69) is 4.98 Å². The predicted octanol–water partition coefficient (Wildman–Crippen LogP) is 3.17. The molecule has 1 saturated heterocycles. The van der Waals surface area contributed by atoms with Crippen LogP contribution in [0.5, 0.6) is 0 Å². The zero-order valence-corrected chi connectivity index (χ0v) is 11.0. The average Bonchev–Trinajstić information content (AvgIpc) is 2.48. The summed E-state index contributed by atoms with van der Waals surface area (Å²) in [6, 6.07) is 11.5. The van der Waals surface area contributed by atoms with Crippen molar-refractivity contribution < 1.29 is 13.9 Å². The molecule has 3 rings (SSSR count). The molecule has 0 aliphatic carbocycles. The van der Waals surface area contributed by atoms with E-state index in [4.69, 9.17) is 4.74 Å². The topological polar surface area (TPSA) is 39.2 Å². The zero-order chi connectivity index (χ0) is 14.2. The van der Waals surface area contributed by atoms with Crippen LogP contribution in [0.3, 0.4) is 0 Å². The number of hydrogen-bond acceptors (Lipinski definition) is 3. The number of carbonyl (C=O) groups excluding carboxylic acids is 1. The second-order valence-electron chi connectivity index (χ2n) is 4.87. The summed E-state index contributed by atoms with van der Waals surface area (Å²) in [5.74, 6) is -0.593. The molecule has 1 fully saturated rings. The van der Waals surface area contributed by atoms with Gasteiger partial charge in [-0.25, -0.2) is 4.39 Å². The Kier molecular flexibility index (Phi) is 3.01. The average molecular weight is 271 g/mol. The Bertz CT molecular complexity index is 627. The highest BCUT2D eigenvalue weighted by molar-refractivity contribution is 5.89. The molecule has 0 radical (unpaired) electrons. The first-order valence-corrected chi connectivity index (χ1v) is 6.56. The van der Waals surface area contributed by atoms with Crippen molar-refractivity contribution in [3.05, 3.63) is 65.7 Å². The Morgan fingerprint density at radius 3 is 2.55 bits per heavy atom. The molecule has 0 bridgehead atoms. The Morgan fingerprint density at radius 1 is 1.25 bits per heavy atom. The number of benzene rings is 1. The number of esters is 1. The Hall–Kier alpha value is -2.23. The van der Waals surface area contributed by atoms with Gasteiger partial charge in [-0.05, 0) is 36.2 Å². The Labute approximate surface area is 116 Å². The third-order valence-corrected chi connectivity index (χ3v) is 3.91. The lowest BCUT2D eigenvalue weighted by Gasteiger charge is -2.46. The van der Waals surface area contributed by atoms with Gasteiger partial charge in [0.05, 0.1) is 5.69 Å². The third kappa shape index (κ3) is 1.72. The van der Waals surface area contributed by atoms with Crippen molar-refractivity contribution in [2.45, 2.75) is 24.9 Å². The van der Waals surface area contributed by atoms with Gasteiger partial charge < -0.3 is 4.74 Å². The molecule has 2 heterocycles. The standard InChI is InChI=1S/C16H14FNO2/c1-2-16(11-6-8-12(17)9-7-11)14(20-15(16)19)13-5-3-4-10-18-13/h3-10,14H,2H2,1H3/t14-,16-/m0/s1. The summed E-state index contributed by atoms with van der Waals surface area (Å²) in [4.78, 5) is 16.4. The first kappa shape index (κ1) is 12.8. The maximum atomic E-state index is 13.1. The number of pyridine rings is 1. The molecule has 0 spiro atoms. The highest BCUT2D eigenvalue weighted by Crippen LogP contribution is 2.51. The summed E-state index contributed by atoms with van der Waals surface area (Å²) < 4.78 is 18.4. The van der Waals surface area contributed by atoms with Gasteiger partial charge in [0, 0.05) is 6.20 Å². The second-order valence-corrected chi connectivity index (χ2v) is 4.87. The lowest BCUT2D eigenvalue weighted by molar-refractivity contribution is -0.194. The lowest BCUT2D eigenvalue weighted by Crippen LogP contribution is -2.54. The molecule has 1 aliphatic rings. The van der Waals surface area contributed by atoms with Crippen molar-refractivity contribution >= 4 is 5.97 Å². The van der Waals surface area contributed by atoms with Crippen molar-refractivity contribution in [2.75, 3.05) is 0 Å². The van der Waals surface area contributed by atoms with Crippen molar-refractivity contribution in [2.24, 2.45) is 0 Å². The molecule has 4 heteroatoms. The van der Waals surface area contributed by atoms with Crippen LogP contribution in [-0.4, -0.2) is 11.0 Å². The van der Waals surface area contributed by atoms with Crippen molar-refractivity contribution in [1.29, 1.82) is 0 Å². The van der Waals surface area contributed by atoms with Crippen molar-refractivity contribution in [1.82, 2.24) is 4.98 Å². The van der Waals surface area contributed by atoms with Crippen LogP contribution >= 0.6 is 0 Å². The van der Waals surface area contributed by atoms with Crippen LogP contribution in [0, 0.1) is 5.82 Å². The first-order valence-electron chi connectivity index (χ1n) is 6.56. The van der Waals surface area contributed by atoms with E-state index in [1.165, 1.54) is 12.1 Å². The van der Waals surface area contributed by atoms with Crippen molar-refractivity contribution in [3.8, 4) is 0 Å². The Balaban J connectivity index is 2.06. The van der Waals surface area contributed by atoms with E-state index >= 15 is 0 Å². The summed E-state index contributed by atoms with van der Waals surface area (Å²) in [6.07, 6.45) is 1.84. The Morgan fingerprint density at radius 2 is 2.00 bits per heavy atom. The SMILES string of the molecule is CC[C@@]1(c2ccc(F)cc2)C(=O)O[C@H]1c1ccccn1. The van der Waals surface area contributed by atoms with Crippen LogP contribution < -0.4 is 0 Å². The van der Waals surface area contributed by atoms with E-state index in [1.54, 1.807) is 18.3 Å². The highest BCUT2D eigenvalue weighted by Gasteiger charge is 2.59. The van der Waals surface area contributed by atoms with E-state index in [-0.39, 0.29) is 11.8 Å². The van der Waals surface area contributed by atoms with Gasteiger partial charge in [-0.15, -0.1) is 0 Å². The molecule has 0 amide bonds. The number of carbonyl (C=O) groups is 1. The maximum absolute atomic E-state index is 13.1. The van der Waals surface area contributed by atoms with Crippen LogP contribution in [-0.2, 0) is 14.9 Å². The summed E-state index contributed by atoms with van der Waals surface area (Å²) >= 11 is 0. The number of aromatic nitrogens is 1. The zero-order valence-electron chi connectivity index (χ0n) is 11.0. The van der Waals surface area contributed by atoms with Gasteiger partial charge in [-0.1, -0.05) is 25.1 Å². The number of nitrogens with zero attached hydrogens (tertiary/aromatic N) is 1. The van der Waals surface area contributed by atoms with Crippen LogP contribution in [0.4, 0.5) is 4.39 Å². The number of rotatable bonds is 3. The van der Waals surface area contributed by atoms with E-state index < -0.39 is 11.5 Å². The van der Waals surface area contributed by atoms with Gasteiger partial charge in [0.25, 0.3) is 0 Å². The largest absolute Gasteiger partial charge is 0.453 e. The van der Waals surface area contributed by atoms with Crippen LogP contribution in [0.2, 0.25) is 0 Å². The van der Waals surface area contributed by atoms with Gasteiger partial charge in [0.15, 0.2) is 6.10 Å². The van der Waals surface area contributed by atoms with Gasteiger partial charge in [0.2, 0.25) is 0 Å². The highest BCUT2D eigenvalue weighted by atomic mass is 19.1. The molecule has 2 aromatic rings. The first-order chi connectivity index (χ1) is 9.68.